The molecule has 5 nitrogen and oxygen atoms in total. The molecule has 1 unspecified atom stereocenters. The van der Waals surface area contributed by atoms with E-state index < -0.39 is 0 Å². The molecule has 2 heterocycles. The average molecular weight is 267 g/mol. The molecule has 100 valence electrons. The fraction of sp³-hybridized carbons (Fsp3) is 0.750. The van der Waals surface area contributed by atoms with Gasteiger partial charge in [-0.3, -0.25) is 0 Å². The molecule has 0 amide bonds. The van der Waals surface area contributed by atoms with Crippen LogP contribution >= 0.6 is 11.3 Å². The Kier molecular flexibility index (Phi) is 3.19. The van der Waals surface area contributed by atoms with Gasteiger partial charge in [-0.05, 0) is 13.3 Å². The molecule has 0 spiro atoms. The SMILES string of the molecule is CCCC(C)(N)c1nn2c(C(C)(C)C)nnc2s1. The minimum atomic E-state index is -0.380. The van der Waals surface area contributed by atoms with E-state index in [0.29, 0.717) is 0 Å². The zero-order valence-corrected chi connectivity index (χ0v) is 12.5. The summed E-state index contributed by atoms with van der Waals surface area (Å²) in [6, 6.07) is 0. The van der Waals surface area contributed by atoms with E-state index in [0.717, 1.165) is 28.6 Å². The smallest absolute Gasteiger partial charge is 0.234 e. The molecule has 0 fully saturated rings. The summed E-state index contributed by atoms with van der Waals surface area (Å²) in [6.45, 7) is 10.5. The average Bonchev–Trinajstić information content (AvgIpc) is 2.72. The molecule has 2 N–H and O–H groups in total. The largest absolute Gasteiger partial charge is 0.320 e. The van der Waals surface area contributed by atoms with Crippen LogP contribution in [0.5, 0.6) is 0 Å². The van der Waals surface area contributed by atoms with E-state index in [1.165, 1.54) is 11.3 Å². The van der Waals surface area contributed by atoms with Gasteiger partial charge in [0, 0.05) is 5.41 Å². The van der Waals surface area contributed by atoms with Gasteiger partial charge in [-0.1, -0.05) is 45.5 Å². The van der Waals surface area contributed by atoms with Crippen molar-refractivity contribution in [3.8, 4) is 0 Å². The van der Waals surface area contributed by atoms with Crippen molar-refractivity contribution in [2.45, 2.75) is 58.4 Å². The zero-order valence-electron chi connectivity index (χ0n) is 11.7. The van der Waals surface area contributed by atoms with E-state index in [1.54, 1.807) is 0 Å². The maximum absolute atomic E-state index is 6.32. The second-order valence-electron chi connectivity index (χ2n) is 6.04. The Morgan fingerprint density at radius 1 is 1.22 bits per heavy atom. The van der Waals surface area contributed by atoms with Crippen LogP contribution in [0.2, 0.25) is 0 Å². The monoisotopic (exact) mass is 267 g/mol. The first-order chi connectivity index (χ1) is 8.25. The predicted octanol–water partition coefficient (Wildman–Crippen LogP) is 2.46. The van der Waals surface area contributed by atoms with E-state index in [1.807, 2.05) is 11.4 Å². The molecule has 6 heteroatoms. The number of hydrogen-bond donors (Lipinski definition) is 1. The molecule has 0 aliphatic carbocycles. The van der Waals surface area contributed by atoms with Crippen LogP contribution in [0, 0.1) is 0 Å². The maximum Gasteiger partial charge on any atom is 0.234 e. The Labute approximate surface area is 111 Å². The maximum atomic E-state index is 6.32. The first kappa shape index (κ1) is 13.4. The summed E-state index contributed by atoms with van der Waals surface area (Å²) in [5, 5.41) is 14.0. The van der Waals surface area contributed by atoms with E-state index in [-0.39, 0.29) is 11.0 Å². The van der Waals surface area contributed by atoms with Gasteiger partial charge in [0.2, 0.25) is 4.96 Å². The van der Waals surface area contributed by atoms with Crippen LogP contribution in [0.15, 0.2) is 0 Å². The third-order valence-corrected chi connectivity index (χ3v) is 4.10. The molecule has 0 radical (unpaired) electrons. The summed E-state index contributed by atoms with van der Waals surface area (Å²) >= 11 is 1.53. The Bertz CT molecular complexity index is 546. The molecular weight excluding hydrogens is 246 g/mol. The number of nitrogens with two attached hydrogens (primary N) is 1. The molecule has 2 aromatic rings. The summed E-state index contributed by atoms with van der Waals surface area (Å²) in [5.41, 5.74) is 5.87. The highest BCUT2D eigenvalue weighted by atomic mass is 32.1. The molecule has 0 bridgehead atoms. The zero-order chi connectivity index (χ0) is 13.6. The third-order valence-electron chi connectivity index (χ3n) is 2.92. The predicted molar refractivity (Wildman–Crippen MR) is 73.8 cm³/mol. The standard InChI is InChI=1S/C12H21N5S/c1-6-7-12(5,13)9-16-17-8(11(2,3)4)14-15-10(17)18-9/h6-7,13H2,1-5H3. The Balaban J connectivity index is 2.49. The van der Waals surface area contributed by atoms with Crippen LogP contribution in [0.25, 0.3) is 4.96 Å². The van der Waals surface area contributed by atoms with Gasteiger partial charge in [0.1, 0.15) is 5.01 Å². The first-order valence-corrected chi connectivity index (χ1v) is 7.09. The number of nitrogens with zero attached hydrogens (tertiary/aromatic N) is 4. The van der Waals surface area contributed by atoms with E-state index in [4.69, 9.17) is 5.73 Å². The molecule has 0 aliphatic rings. The lowest BCUT2D eigenvalue weighted by Gasteiger charge is -2.20. The molecule has 2 rings (SSSR count). The van der Waals surface area contributed by atoms with E-state index >= 15 is 0 Å². The molecular formula is C12H21N5S. The Morgan fingerprint density at radius 3 is 2.44 bits per heavy atom. The highest BCUT2D eigenvalue weighted by molar-refractivity contribution is 7.16. The topological polar surface area (TPSA) is 69.1 Å². The molecule has 18 heavy (non-hydrogen) atoms. The Hall–Kier alpha value is -1.01. The van der Waals surface area contributed by atoms with Crippen molar-refractivity contribution in [1.82, 2.24) is 19.8 Å². The summed E-state index contributed by atoms with van der Waals surface area (Å²) in [6.07, 6.45) is 1.96. The van der Waals surface area contributed by atoms with Gasteiger partial charge in [0.15, 0.2) is 5.82 Å². The highest BCUT2D eigenvalue weighted by Crippen LogP contribution is 2.29. The molecule has 2 aromatic heterocycles. The van der Waals surface area contributed by atoms with E-state index in [9.17, 15) is 0 Å². The third kappa shape index (κ3) is 2.27. The molecule has 0 saturated carbocycles. The second-order valence-corrected chi connectivity index (χ2v) is 7.00. The molecule has 0 aliphatic heterocycles. The highest BCUT2D eigenvalue weighted by Gasteiger charge is 2.28. The molecule has 0 saturated heterocycles. The van der Waals surface area contributed by atoms with Gasteiger partial charge in [-0.15, -0.1) is 10.2 Å². The minimum absolute atomic E-state index is 0.0689. The lowest BCUT2D eigenvalue weighted by Crippen LogP contribution is -2.32. The van der Waals surface area contributed by atoms with Crippen molar-refractivity contribution >= 4 is 16.3 Å². The van der Waals surface area contributed by atoms with Gasteiger partial charge in [-0.25, -0.2) is 0 Å². The lowest BCUT2D eigenvalue weighted by molar-refractivity contribution is 0.435. The quantitative estimate of drug-likeness (QED) is 0.927. The van der Waals surface area contributed by atoms with Crippen molar-refractivity contribution in [2.24, 2.45) is 5.73 Å². The van der Waals surface area contributed by atoms with Gasteiger partial charge < -0.3 is 5.73 Å². The van der Waals surface area contributed by atoms with Gasteiger partial charge >= 0.3 is 0 Å². The van der Waals surface area contributed by atoms with Crippen LogP contribution in [0.3, 0.4) is 0 Å². The summed E-state index contributed by atoms with van der Waals surface area (Å²) in [7, 11) is 0. The minimum Gasteiger partial charge on any atom is -0.320 e. The summed E-state index contributed by atoms with van der Waals surface area (Å²) in [5.74, 6) is 0.882. The van der Waals surface area contributed by atoms with Crippen LogP contribution < -0.4 is 5.73 Å². The van der Waals surface area contributed by atoms with Crippen LogP contribution in [0.4, 0.5) is 0 Å². The summed E-state index contributed by atoms with van der Waals surface area (Å²) in [4.78, 5) is 0.822. The van der Waals surface area contributed by atoms with Crippen molar-refractivity contribution < 1.29 is 0 Å². The normalized spacial score (nSPS) is 16.1. The van der Waals surface area contributed by atoms with Gasteiger partial charge in [-0.2, -0.15) is 9.61 Å². The van der Waals surface area contributed by atoms with Crippen molar-refractivity contribution in [1.29, 1.82) is 0 Å². The number of aromatic nitrogens is 4. The van der Waals surface area contributed by atoms with Crippen molar-refractivity contribution in [3.63, 3.8) is 0 Å². The van der Waals surface area contributed by atoms with Crippen molar-refractivity contribution in [3.05, 3.63) is 10.8 Å². The first-order valence-electron chi connectivity index (χ1n) is 6.28. The fourth-order valence-corrected chi connectivity index (χ4v) is 2.87. The van der Waals surface area contributed by atoms with Crippen LogP contribution in [-0.4, -0.2) is 19.8 Å². The fourth-order valence-electron chi connectivity index (χ4n) is 1.94. The van der Waals surface area contributed by atoms with Gasteiger partial charge in [0.05, 0.1) is 5.54 Å². The van der Waals surface area contributed by atoms with Crippen LogP contribution in [-0.2, 0) is 11.0 Å². The Morgan fingerprint density at radius 2 is 1.89 bits per heavy atom. The number of hydrogen-bond acceptors (Lipinski definition) is 5. The second kappa shape index (κ2) is 4.28. The van der Waals surface area contributed by atoms with Gasteiger partial charge in [0.25, 0.3) is 0 Å². The molecule has 1 atom stereocenters. The summed E-state index contributed by atoms with van der Waals surface area (Å²) < 4.78 is 1.83. The number of rotatable bonds is 3. The molecule has 0 aromatic carbocycles. The number of fused-ring (bicyclic) bond motifs is 1. The van der Waals surface area contributed by atoms with Crippen LogP contribution in [0.1, 0.15) is 58.3 Å². The van der Waals surface area contributed by atoms with Crippen molar-refractivity contribution in [2.75, 3.05) is 0 Å². The lowest BCUT2D eigenvalue weighted by atomic mass is 9.96. The van der Waals surface area contributed by atoms with E-state index in [2.05, 4.69) is 43.0 Å².